The van der Waals surface area contributed by atoms with Gasteiger partial charge in [0, 0.05) is 26.1 Å². The summed E-state index contributed by atoms with van der Waals surface area (Å²) in [7, 11) is 1.65. The minimum atomic E-state index is -0.614. The van der Waals surface area contributed by atoms with Crippen LogP contribution >= 0.6 is 0 Å². The fourth-order valence-corrected chi connectivity index (χ4v) is 5.01. The lowest BCUT2D eigenvalue weighted by Crippen LogP contribution is -2.49. The second-order valence-electron chi connectivity index (χ2n) is 9.33. The van der Waals surface area contributed by atoms with Crippen LogP contribution in [-0.4, -0.2) is 33.8 Å². The van der Waals surface area contributed by atoms with Crippen LogP contribution in [0.5, 0.6) is 0 Å². The van der Waals surface area contributed by atoms with Gasteiger partial charge in [0.05, 0.1) is 5.56 Å². The lowest BCUT2D eigenvalue weighted by molar-refractivity contribution is -0.603. The van der Waals surface area contributed by atoms with Crippen molar-refractivity contribution in [2.24, 2.45) is 0 Å². The minimum Gasteiger partial charge on any atom is -0.710 e. The highest BCUT2D eigenvalue weighted by molar-refractivity contribution is 6.00. The molecular weight excluding hydrogens is 460 g/mol. The number of hydrogen-bond acceptors (Lipinski definition) is 8. The highest BCUT2D eigenvalue weighted by Crippen LogP contribution is 2.42. The number of fused-ring (bicyclic) bond motifs is 2. The maximum Gasteiger partial charge on any atom is 0.284 e. The first-order chi connectivity index (χ1) is 17.3. The first-order valence-corrected chi connectivity index (χ1v) is 11.9. The molecule has 11 heteroatoms. The summed E-state index contributed by atoms with van der Waals surface area (Å²) in [5.74, 6) is 1.85. The fourth-order valence-electron chi connectivity index (χ4n) is 5.01. The van der Waals surface area contributed by atoms with Crippen molar-refractivity contribution in [2.75, 3.05) is 22.6 Å². The van der Waals surface area contributed by atoms with E-state index in [0.717, 1.165) is 42.4 Å². The lowest BCUT2D eigenvalue weighted by Gasteiger charge is -2.34. The van der Waals surface area contributed by atoms with Crippen LogP contribution in [0, 0.1) is 12.1 Å². The van der Waals surface area contributed by atoms with E-state index in [1.54, 1.807) is 37.4 Å². The normalized spacial score (nSPS) is 15.8. The van der Waals surface area contributed by atoms with Crippen LogP contribution in [0.15, 0.2) is 36.7 Å². The number of hydrogen-bond donors (Lipinski definition) is 3. The number of carbonyl (C=O) groups excluding carboxylic acids is 2. The van der Waals surface area contributed by atoms with Gasteiger partial charge in [-0.25, -0.2) is 20.0 Å². The van der Waals surface area contributed by atoms with E-state index < -0.39 is 5.54 Å². The maximum atomic E-state index is 13.5. The summed E-state index contributed by atoms with van der Waals surface area (Å²) >= 11 is 0. The average Bonchev–Trinajstić information content (AvgIpc) is 3.14. The smallest absolute Gasteiger partial charge is 0.284 e. The van der Waals surface area contributed by atoms with Gasteiger partial charge >= 0.3 is 0 Å². The van der Waals surface area contributed by atoms with E-state index in [1.165, 1.54) is 18.2 Å². The van der Waals surface area contributed by atoms with Gasteiger partial charge in [-0.15, -0.1) is 0 Å². The zero-order valence-electron chi connectivity index (χ0n) is 20.5. The van der Waals surface area contributed by atoms with E-state index in [9.17, 15) is 14.8 Å². The molecule has 1 saturated carbocycles. The molecule has 4 heterocycles. The molecule has 36 heavy (non-hydrogen) atoms. The monoisotopic (exact) mass is 488 g/mol. The SMILES string of the molecule is CC(=O)N(C)c1cccc(Nc2cc(Nc3cc(C)c4c([n+]3[O-])C3(CCCCC3)NC4=O)ncn2)n1. The molecule has 0 radical (unpaired) electrons. The Balaban J connectivity index is 1.43. The van der Waals surface area contributed by atoms with E-state index in [4.69, 9.17) is 0 Å². The van der Waals surface area contributed by atoms with Crippen LogP contribution in [0.25, 0.3) is 0 Å². The van der Waals surface area contributed by atoms with E-state index in [1.807, 2.05) is 6.92 Å². The molecule has 0 aromatic carbocycles. The van der Waals surface area contributed by atoms with Crippen molar-refractivity contribution < 1.29 is 14.3 Å². The zero-order chi connectivity index (χ0) is 25.4. The highest BCUT2D eigenvalue weighted by Gasteiger charge is 2.48. The third kappa shape index (κ3) is 4.16. The van der Waals surface area contributed by atoms with Crippen LogP contribution in [0.4, 0.5) is 29.1 Å². The van der Waals surface area contributed by atoms with Gasteiger partial charge in [-0.05, 0) is 37.5 Å². The van der Waals surface area contributed by atoms with Crippen molar-refractivity contribution >= 4 is 40.9 Å². The summed E-state index contributed by atoms with van der Waals surface area (Å²) in [6.07, 6.45) is 5.91. The van der Waals surface area contributed by atoms with Gasteiger partial charge < -0.3 is 20.7 Å². The van der Waals surface area contributed by atoms with E-state index in [2.05, 4.69) is 30.9 Å². The average molecular weight is 489 g/mol. The molecular formula is C25H28N8O3. The van der Waals surface area contributed by atoms with E-state index >= 15 is 0 Å². The van der Waals surface area contributed by atoms with Gasteiger partial charge in [-0.3, -0.25) is 9.59 Å². The molecule has 0 unspecified atom stereocenters. The number of anilines is 5. The summed E-state index contributed by atoms with van der Waals surface area (Å²) < 4.78 is 0.837. The second kappa shape index (κ2) is 9.06. The lowest BCUT2D eigenvalue weighted by atomic mass is 9.79. The molecule has 3 aromatic rings. The molecule has 0 saturated heterocycles. The number of amides is 2. The van der Waals surface area contributed by atoms with E-state index in [0.29, 0.717) is 40.3 Å². The molecule has 1 aliphatic heterocycles. The van der Waals surface area contributed by atoms with Gasteiger partial charge in [0.15, 0.2) is 0 Å². The Morgan fingerprint density at radius 1 is 1.11 bits per heavy atom. The largest absolute Gasteiger partial charge is 0.710 e. The van der Waals surface area contributed by atoms with Crippen molar-refractivity contribution in [1.82, 2.24) is 20.3 Å². The Hall–Kier alpha value is -4.28. The third-order valence-corrected chi connectivity index (χ3v) is 6.88. The number of aryl methyl sites for hydroxylation is 1. The molecule has 3 aromatic heterocycles. The van der Waals surface area contributed by atoms with Crippen molar-refractivity contribution in [1.29, 1.82) is 0 Å². The highest BCUT2D eigenvalue weighted by atomic mass is 16.5. The van der Waals surface area contributed by atoms with Crippen LogP contribution in [0.2, 0.25) is 0 Å². The quantitative estimate of drug-likeness (QED) is 0.368. The molecule has 2 amide bonds. The number of pyridine rings is 2. The van der Waals surface area contributed by atoms with E-state index in [-0.39, 0.29) is 11.8 Å². The standard InChI is InChI=1S/C25H28N8O3/c1-15-12-21(33(36)23-22(15)24(35)31-25(23)10-5-4-6-11-25)30-19-13-18(26-14-27-19)28-17-8-7-9-20(29-17)32(3)16(2)34/h7-9,12-14H,4-6,10-11H2,1-3H3,(H,31,35)(H2,26,27,28,29,30). The molecule has 1 aliphatic carbocycles. The number of carbonyl (C=O) groups is 2. The minimum absolute atomic E-state index is 0.129. The summed E-state index contributed by atoms with van der Waals surface area (Å²) in [5, 5.41) is 22.8. The predicted molar refractivity (Wildman–Crippen MR) is 134 cm³/mol. The summed E-state index contributed by atoms with van der Waals surface area (Å²) in [6.45, 7) is 3.31. The number of rotatable bonds is 5. The number of nitrogens with zero attached hydrogens (tertiary/aromatic N) is 5. The fraction of sp³-hybridized carbons (Fsp3) is 0.360. The molecule has 1 spiro atoms. The number of nitrogens with one attached hydrogen (secondary N) is 3. The Bertz CT molecular complexity index is 1350. The van der Waals surface area contributed by atoms with Crippen molar-refractivity contribution in [3.05, 3.63) is 58.7 Å². The predicted octanol–water partition coefficient (Wildman–Crippen LogP) is 3.19. The Morgan fingerprint density at radius 3 is 2.56 bits per heavy atom. The summed E-state index contributed by atoms with van der Waals surface area (Å²) in [5.41, 5.74) is 1.10. The molecule has 11 nitrogen and oxygen atoms in total. The molecule has 186 valence electrons. The Morgan fingerprint density at radius 2 is 1.83 bits per heavy atom. The van der Waals surface area contributed by atoms with Gasteiger partial charge in [0.2, 0.25) is 11.7 Å². The third-order valence-electron chi connectivity index (χ3n) is 6.88. The van der Waals surface area contributed by atoms with Gasteiger partial charge in [0.1, 0.15) is 35.0 Å². The molecule has 1 fully saturated rings. The van der Waals surface area contributed by atoms with Crippen LogP contribution in [0.1, 0.15) is 60.6 Å². The Labute approximate surface area is 208 Å². The molecule has 0 bridgehead atoms. The maximum absolute atomic E-state index is 13.5. The first kappa shape index (κ1) is 23.5. The van der Waals surface area contributed by atoms with Gasteiger partial charge in [-0.2, -0.15) is 4.98 Å². The molecule has 0 atom stereocenters. The summed E-state index contributed by atoms with van der Waals surface area (Å²) in [6, 6.07) is 8.61. The number of aromatic nitrogens is 4. The summed E-state index contributed by atoms with van der Waals surface area (Å²) in [4.78, 5) is 38.8. The van der Waals surface area contributed by atoms with Crippen molar-refractivity contribution in [3.63, 3.8) is 0 Å². The molecule has 2 aliphatic rings. The van der Waals surface area contributed by atoms with Crippen LogP contribution < -0.4 is 25.6 Å². The van der Waals surface area contributed by atoms with Gasteiger partial charge in [0.25, 0.3) is 11.7 Å². The van der Waals surface area contributed by atoms with Crippen LogP contribution in [0.3, 0.4) is 0 Å². The van der Waals surface area contributed by atoms with Gasteiger partial charge in [-0.1, -0.05) is 25.3 Å². The molecule has 5 rings (SSSR count). The van der Waals surface area contributed by atoms with Crippen LogP contribution in [-0.2, 0) is 10.3 Å². The van der Waals surface area contributed by atoms with Crippen molar-refractivity contribution in [2.45, 2.75) is 51.5 Å². The molecule has 3 N–H and O–H groups in total. The second-order valence-corrected chi connectivity index (χ2v) is 9.33. The first-order valence-electron chi connectivity index (χ1n) is 11.9. The topological polar surface area (TPSA) is 139 Å². The Kier molecular flexibility index (Phi) is 5.91. The van der Waals surface area contributed by atoms with Crippen molar-refractivity contribution in [3.8, 4) is 0 Å². The zero-order valence-corrected chi connectivity index (χ0v) is 20.5.